The van der Waals surface area contributed by atoms with E-state index in [0.717, 1.165) is 36.4 Å². The molecule has 1 aliphatic heterocycles. The summed E-state index contributed by atoms with van der Waals surface area (Å²) in [5, 5.41) is 10.9. The fourth-order valence-electron chi connectivity index (χ4n) is 3.78. The van der Waals surface area contributed by atoms with Gasteiger partial charge >= 0.3 is 0 Å². The second kappa shape index (κ2) is 6.87. The molecule has 1 aliphatic rings. The number of nitrogens with zero attached hydrogens (tertiary/aromatic N) is 6. The second-order valence-corrected chi connectivity index (χ2v) is 8.05. The number of rotatable bonds is 3. The van der Waals surface area contributed by atoms with Crippen molar-refractivity contribution in [3.63, 3.8) is 0 Å². The molecule has 5 heterocycles. The van der Waals surface area contributed by atoms with Crippen LogP contribution in [0.25, 0.3) is 16.1 Å². The molecule has 0 aromatic carbocycles. The summed E-state index contributed by atoms with van der Waals surface area (Å²) in [5.74, 6) is 0.982. The number of amides is 1. The van der Waals surface area contributed by atoms with E-state index in [1.54, 1.807) is 35.3 Å². The summed E-state index contributed by atoms with van der Waals surface area (Å²) < 4.78 is 3.48. The summed E-state index contributed by atoms with van der Waals surface area (Å²) in [6, 6.07) is 10.0. The molecule has 0 N–H and O–H groups in total. The predicted molar refractivity (Wildman–Crippen MR) is 107 cm³/mol. The molecule has 4 aromatic heterocycles. The molecule has 28 heavy (non-hydrogen) atoms. The Balaban J connectivity index is 1.40. The first-order chi connectivity index (χ1) is 13.7. The van der Waals surface area contributed by atoms with Crippen molar-refractivity contribution in [3.05, 3.63) is 59.6 Å². The van der Waals surface area contributed by atoms with Crippen LogP contribution in [0.3, 0.4) is 0 Å². The van der Waals surface area contributed by atoms with Gasteiger partial charge in [-0.05, 0) is 42.5 Å². The third kappa shape index (κ3) is 2.99. The maximum Gasteiger partial charge on any atom is 0.272 e. The molecule has 7 nitrogen and oxygen atoms in total. The van der Waals surface area contributed by atoms with Gasteiger partial charge in [0.1, 0.15) is 5.69 Å². The molecule has 0 unspecified atom stereocenters. The molecular formula is C20H20N6OS. The zero-order valence-corrected chi connectivity index (χ0v) is 16.3. The lowest BCUT2D eigenvalue weighted by Gasteiger charge is -2.31. The zero-order chi connectivity index (χ0) is 19.1. The van der Waals surface area contributed by atoms with Crippen LogP contribution in [0.4, 0.5) is 0 Å². The van der Waals surface area contributed by atoms with Gasteiger partial charge in [0.25, 0.3) is 5.91 Å². The minimum atomic E-state index is 0.0217. The number of aryl methyl sites for hydroxylation is 1. The largest absolute Gasteiger partial charge is 0.337 e. The number of hydrogen-bond donors (Lipinski definition) is 0. The molecule has 5 rings (SSSR count). The molecule has 0 spiro atoms. The maximum atomic E-state index is 12.8. The molecule has 8 heteroatoms. The topological polar surface area (TPSA) is 68.3 Å². The summed E-state index contributed by atoms with van der Waals surface area (Å²) in [6.45, 7) is 1.40. The van der Waals surface area contributed by atoms with Crippen molar-refractivity contribution < 1.29 is 4.79 Å². The van der Waals surface area contributed by atoms with Crippen molar-refractivity contribution in [3.8, 4) is 10.4 Å². The maximum absolute atomic E-state index is 12.8. The molecule has 0 aliphatic carbocycles. The van der Waals surface area contributed by atoms with Crippen LogP contribution in [-0.2, 0) is 7.05 Å². The van der Waals surface area contributed by atoms with Gasteiger partial charge in [0, 0.05) is 48.9 Å². The Morgan fingerprint density at radius 2 is 2.18 bits per heavy atom. The summed E-state index contributed by atoms with van der Waals surface area (Å²) in [7, 11) is 1.80. The molecule has 4 aromatic rings. The Hall–Kier alpha value is -3.00. The van der Waals surface area contributed by atoms with E-state index in [0.29, 0.717) is 12.2 Å². The van der Waals surface area contributed by atoms with Crippen LogP contribution in [0.5, 0.6) is 0 Å². The molecular weight excluding hydrogens is 372 g/mol. The van der Waals surface area contributed by atoms with Crippen molar-refractivity contribution in [2.45, 2.75) is 18.8 Å². The molecule has 1 amide bonds. The van der Waals surface area contributed by atoms with E-state index in [1.807, 2.05) is 27.7 Å². The normalized spacial score (nSPS) is 17.3. The van der Waals surface area contributed by atoms with E-state index in [2.05, 4.69) is 22.6 Å². The molecule has 0 bridgehead atoms. The molecule has 142 valence electrons. The van der Waals surface area contributed by atoms with Crippen LogP contribution in [-0.4, -0.2) is 48.3 Å². The van der Waals surface area contributed by atoms with Gasteiger partial charge in [0.15, 0.2) is 11.5 Å². The molecule has 1 saturated heterocycles. The Morgan fingerprint density at radius 3 is 2.96 bits per heavy atom. The third-order valence-electron chi connectivity index (χ3n) is 5.27. The highest BCUT2D eigenvalue weighted by atomic mass is 32.1. The number of carbonyl (C=O) groups excluding carboxylic acids is 1. The fourth-order valence-corrected chi connectivity index (χ4v) is 4.50. The van der Waals surface area contributed by atoms with E-state index in [9.17, 15) is 4.79 Å². The van der Waals surface area contributed by atoms with E-state index in [-0.39, 0.29) is 11.8 Å². The Kier molecular flexibility index (Phi) is 4.20. The van der Waals surface area contributed by atoms with Crippen molar-refractivity contribution >= 4 is 22.9 Å². The highest BCUT2D eigenvalue weighted by molar-refractivity contribution is 7.13. The summed E-state index contributed by atoms with van der Waals surface area (Å²) in [4.78, 5) is 20.7. The first-order valence-electron chi connectivity index (χ1n) is 9.36. The van der Waals surface area contributed by atoms with Crippen LogP contribution >= 0.6 is 11.3 Å². The second-order valence-electron chi connectivity index (χ2n) is 7.10. The van der Waals surface area contributed by atoms with E-state index in [1.165, 1.54) is 4.88 Å². The number of hydrogen-bond acceptors (Lipinski definition) is 5. The number of aromatic nitrogens is 5. The Bertz CT molecular complexity index is 1130. The molecule has 1 atom stereocenters. The summed E-state index contributed by atoms with van der Waals surface area (Å²) in [5.41, 5.74) is 2.59. The highest BCUT2D eigenvalue weighted by Crippen LogP contribution is 2.28. The van der Waals surface area contributed by atoms with Crippen molar-refractivity contribution in [1.82, 2.24) is 29.3 Å². The lowest BCUT2D eigenvalue weighted by molar-refractivity contribution is 0.0693. The Morgan fingerprint density at radius 1 is 1.25 bits per heavy atom. The first-order valence-corrected chi connectivity index (χ1v) is 10.2. The fraction of sp³-hybridized carbons (Fsp3) is 0.300. The summed E-state index contributed by atoms with van der Waals surface area (Å²) >= 11 is 1.71. The van der Waals surface area contributed by atoms with Crippen LogP contribution in [0.1, 0.15) is 35.1 Å². The lowest BCUT2D eigenvalue weighted by Crippen LogP contribution is -2.40. The summed E-state index contributed by atoms with van der Waals surface area (Å²) in [6.07, 6.45) is 5.62. The van der Waals surface area contributed by atoms with Gasteiger partial charge in [0.2, 0.25) is 0 Å². The Labute approximate surface area is 166 Å². The average Bonchev–Trinajstić information content (AvgIpc) is 3.47. The van der Waals surface area contributed by atoms with Crippen molar-refractivity contribution in [2.75, 3.05) is 13.1 Å². The minimum absolute atomic E-state index is 0.0217. The van der Waals surface area contributed by atoms with Gasteiger partial charge in [-0.15, -0.1) is 11.3 Å². The molecule has 0 radical (unpaired) electrons. The standard InChI is InChI=1S/C20H20N6OS/c1-24-16(8-9-21-24)20(27)25-10-2-4-15(12-25)19-22-18-7-6-14(13-26(18)23-19)17-5-3-11-28-17/h3,5-9,11,13,15H,2,4,10,12H2,1H3/t15-/m1/s1. The van der Waals surface area contributed by atoms with Crippen LogP contribution in [0.15, 0.2) is 48.1 Å². The van der Waals surface area contributed by atoms with E-state index in [4.69, 9.17) is 10.1 Å². The van der Waals surface area contributed by atoms with Crippen molar-refractivity contribution in [1.29, 1.82) is 0 Å². The van der Waals surface area contributed by atoms with Gasteiger partial charge in [-0.2, -0.15) is 10.2 Å². The predicted octanol–water partition coefficient (Wildman–Crippen LogP) is 3.21. The molecule has 1 fully saturated rings. The number of piperidine rings is 1. The number of carbonyl (C=O) groups is 1. The third-order valence-corrected chi connectivity index (χ3v) is 6.19. The minimum Gasteiger partial charge on any atom is -0.337 e. The van der Waals surface area contributed by atoms with Gasteiger partial charge in [0.05, 0.1) is 0 Å². The zero-order valence-electron chi connectivity index (χ0n) is 15.5. The monoisotopic (exact) mass is 392 g/mol. The van der Waals surface area contributed by atoms with E-state index < -0.39 is 0 Å². The van der Waals surface area contributed by atoms with Gasteiger partial charge in [-0.3, -0.25) is 9.48 Å². The molecule has 0 saturated carbocycles. The van der Waals surface area contributed by atoms with Gasteiger partial charge in [-0.1, -0.05) is 6.07 Å². The highest BCUT2D eigenvalue weighted by Gasteiger charge is 2.29. The average molecular weight is 392 g/mol. The lowest BCUT2D eigenvalue weighted by atomic mass is 9.97. The number of likely N-dealkylation sites (tertiary alicyclic amines) is 1. The first kappa shape index (κ1) is 17.1. The van der Waals surface area contributed by atoms with Crippen molar-refractivity contribution in [2.24, 2.45) is 7.05 Å². The quantitative estimate of drug-likeness (QED) is 0.537. The SMILES string of the molecule is Cn1nccc1C(=O)N1CCC[C@@H](c2nc3ccc(-c4cccs4)cn3n2)C1. The number of pyridine rings is 1. The van der Waals surface area contributed by atoms with E-state index >= 15 is 0 Å². The smallest absolute Gasteiger partial charge is 0.272 e. The van der Waals surface area contributed by atoms with Crippen LogP contribution in [0, 0.1) is 0 Å². The number of fused-ring (bicyclic) bond motifs is 1. The van der Waals surface area contributed by atoms with Crippen LogP contribution in [0.2, 0.25) is 0 Å². The van der Waals surface area contributed by atoms with Gasteiger partial charge < -0.3 is 4.90 Å². The van der Waals surface area contributed by atoms with Crippen LogP contribution < -0.4 is 0 Å². The van der Waals surface area contributed by atoms with Gasteiger partial charge in [-0.25, -0.2) is 9.50 Å². The number of thiophene rings is 1.